The van der Waals surface area contributed by atoms with Crippen LogP contribution in [0.4, 0.5) is 4.39 Å². The average Bonchev–Trinajstić information content (AvgIpc) is 2.76. The Balaban J connectivity index is 1.78. The van der Waals surface area contributed by atoms with Crippen molar-refractivity contribution in [3.05, 3.63) is 29.3 Å². The first-order chi connectivity index (χ1) is 11.3. The van der Waals surface area contributed by atoms with Gasteiger partial charge in [-0.05, 0) is 78.0 Å². The monoisotopic (exact) mass is 332 g/mol. The minimum atomic E-state index is -0.849. The van der Waals surface area contributed by atoms with Crippen LogP contribution in [0.2, 0.25) is 0 Å². The lowest BCUT2D eigenvalue weighted by molar-refractivity contribution is -0.0275. The molecule has 0 aliphatic heterocycles. The van der Waals surface area contributed by atoms with Gasteiger partial charge in [0.15, 0.2) is 0 Å². The Hall–Kier alpha value is -1.09. The van der Waals surface area contributed by atoms with E-state index in [-0.39, 0.29) is 29.1 Å². The maximum absolute atomic E-state index is 15.3. The second-order valence-electron chi connectivity index (χ2n) is 9.10. The van der Waals surface area contributed by atoms with E-state index in [9.17, 15) is 10.2 Å². The van der Waals surface area contributed by atoms with E-state index in [4.69, 9.17) is 0 Å². The van der Waals surface area contributed by atoms with E-state index in [2.05, 4.69) is 20.8 Å². The van der Waals surface area contributed by atoms with E-state index < -0.39 is 6.17 Å². The summed E-state index contributed by atoms with van der Waals surface area (Å²) in [7, 11) is 0. The van der Waals surface area contributed by atoms with Crippen LogP contribution < -0.4 is 0 Å². The minimum absolute atomic E-state index is 0.0704. The summed E-state index contributed by atoms with van der Waals surface area (Å²) in [5, 5.41) is 20.5. The van der Waals surface area contributed by atoms with Crippen LogP contribution >= 0.6 is 0 Å². The van der Waals surface area contributed by atoms with Gasteiger partial charge in [-0.2, -0.15) is 0 Å². The number of aliphatic hydroxyl groups excluding tert-OH is 1. The molecule has 24 heavy (non-hydrogen) atoms. The predicted octanol–water partition coefficient (Wildman–Crippen LogP) is 4.44. The Bertz CT molecular complexity index is 643. The Morgan fingerprint density at radius 1 is 1.25 bits per heavy atom. The van der Waals surface area contributed by atoms with Crippen LogP contribution in [0.1, 0.15) is 57.1 Å². The molecule has 132 valence electrons. The van der Waals surface area contributed by atoms with Gasteiger partial charge in [0.25, 0.3) is 0 Å². The quantitative estimate of drug-likeness (QED) is 0.798. The molecular weight excluding hydrogens is 303 g/mol. The van der Waals surface area contributed by atoms with Gasteiger partial charge in [0.1, 0.15) is 11.9 Å². The summed E-state index contributed by atoms with van der Waals surface area (Å²) in [4.78, 5) is 0. The lowest BCUT2D eigenvalue weighted by Crippen LogP contribution is -2.48. The fraction of sp³-hybridized carbons (Fsp3) is 0.714. The molecule has 0 radical (unpaired) electrons. The zero-order valence-electron chi connectivity index (χ0n) is 14.9. The van der Waals surface area contributed by atoms with Crippen LogP contribution in [-0.2, 0) is 6.42 Å². The molecular formula is C21H29FO2. The summed E-state index contributed by atoms with van der Waals surface area (Å²) in [6.07, 6.45) is 2.03. The van der Waals surface area contributed by atoms with Crippen LogP contribution in [0.25, 0.3) is 0 Å². The number of benzene rings is 1. The van der Waals surface area contributed by atoms with Crippen molar-refractivity contribution in [2.45, 2.75) is 64.6 Å². The average molecular weight is 332 g/mol. The number of fused-ring (bicyclic) bond motifs is 5. The number of aromatic hydroxyl groups is 1. The first-order valence-electron chi connectivity index (χ1n) is 9.46. The third-order valence-corrected chi connectivity index (χ3v) is 7.32. The summed E-state index contributed by atoms with van der Waals surface area (Å²) in [5.41, 5.74) is 2.13. The molecule has 2 saturated carbocycles. The van der Waals surface area contributed by atoms with Crippen LogP contribution in [0, 0.1) is 29.1 Å². The van der Waals surface area contributed by atoms with Crippen LogP contribution in [0.15, 0.2) is 18.2 Å². The molecule has 4 rings (SSSR count). The predicted molar refractivity (Wildman–Crippen MR) is 92.7 cm³/mol. The third kappa shape index (κ3) is 2.23. The van der Waals surface area contributed by atoms with E-state index >= 15 is 4.39 Å². The highest BCUT2D eigenvalue weighted by molar-refractivity contribution is 5.41. The fourth-order valence-electron chi connectivity index (χ4n) is 6.64. The topological polar surface area (TPSA) is 40.5 Å². The Morgan fingerprint density at radius 2 is 2.00 bits per heavy atom. The SMILES string of the molecule is CC(C)[C@H]1[C@H]2[C@@H]3CCc4cc(O)ccc4[C@H]3[C@@H](F)C[C@]2(C)C[C@H]1O. The van der Waals surface area contributed by atoms with Gasteiger partial charge >= 0.3 is 0 Å². The second-order valence-corrected chi connectivity index (χ2v) is 9.10. The summed E-state index contributed by atoms with van der Waals surface area (Å²) in [6, 6.07) is 5.45. The molecule has 1 aromatic carbocycles. The lowest BCUT2D eigenvalue weighted by Gasteiger charge is -2.52. The summed E-state index contributed by atoms with van der Waals surface area (Å²) in [6.45, 7) is 6.61. The van der Waals surface area contributed by atoms with Gasteiger partial charge < -0.3 is 10.2 Å². The number of hydrogen-bond acceptors (Lipinski definition) is 2. The van der Waals surface area contributed by atoms with Crippen molar-refractivity contribution < 1.29 is 14.6 Å². The number of alkyl halides is 1. The molecule has 3 aliphatic rings. The van der Waals surface area contributed by atoms with Crippen molar-refractivity contribution >= 4 is 0 Å². The summed E-state index contributed by atoms with van der Waals surface area (Å²) >= 11 is 0. The molecule has 0 amide bonds. The van der Waals surface area contributed by atoms with Crippen LogP contribution in [-0.4, -0.2) is 22.5 Å². The smallest absolute Gasteiger partial charge is 0.115 e. The van der Waals surface area contributed by atoms with Crippen molar-refractivity contribution in [3.63, 3.8) is 0 Å². The van der Waals surface area contributed by atoms with Gasteiger partial charge in [-0.25, -0.2) is 4.39 Å². The zero-order chi connectivity index (χ0) is 17.2. The van der Waals surface area contributed by atoms with E-state index in [0.29, 0.717) is 24.2 Å². The number of halogens is 1. The Morgan fingerprint density at radius 3 is 2.71 bits per heavy atom. The molecule has 0 spiro atoms. The van der Waals surface area contributed by atoms with Crippen molar-refractivity contribution in [1.82, 2.24) is 0 Å². The highest BCUT2D eigenvalue weighted by Crippen LogP contribution is 2.64. The highest BCUT2D eigenvalue weighted by atomic mass is 19.1. The van der Waals surface area contributed by atoms with Gasteiger partial charge in [-0.3, -0.25) is 0 Å². The first kappa shape index (κ1) is 16.4. The molecule has 0 bridgehead atoms. The van der Waals surface area contributed by atoms with Crippen molar-refractivity contribution in [2.75, 3.05) is 0 Å². The molecule has 3 aliphatic carbocycles. The number of rotatable bonds is 1. The van der Waals surface area contributed by atoms with E-state index in [0.717, 1.165) is 30.4 Å². The molecule has 2 fully saturated rings. The second kappa shape index (κ2) is 5.45. The van der Waals surface area contributed by atoms with Crippen molar-refractivity contribution in [1.29, 1.82) is 0 Å². The summed E-state index contributed by atoms with van der Waals surface area (Å²) in [5.74, 6) is 1.60. The van der Waals surface area contributed by atoms with Gasteiger partial charge in [-0.15, -0.1) is 0 Å². The van der Waals surface area contributed by atoms with Crippen molar-refractivity contribution in [2.24, 2.45) is 29.1 Å². The molecule has 0 aromatic heterocycles. The number of aryl methyl sites for hydroxylation is 1. The minimum Gasteiger partial charge on any atom is -0.508 e. The molecule has 0 unspecified atom stereocenters. The standard InChI is InChI=1S/C21H29FO2/c1-11(2)18-17(24)10-21(3)9-16(22)19-14-7-5-13(23)8-12(14)4-6-15(19)20(18)21/h5,7-8,11,15-20,23-24H,4,6,9-10H2,1-3H3/t15-,16+,17-,18-,19-,20-,21-/m1/s1. The van der Waals surface area contributed by atoms with E-state index in [1.807, 2.05) is 12.1 Å². The Kier molecular flexibility index (Phi) is 3.72. The molecule has 7 atom stereocenters. The number of phenols is 1. The molecule has 2 nitrogen and oxygen atoms in total. The summed E-state index contributed by atoms with van der Waals surface area (Å²) < 4.78 is 15.3. The van der Waals surface area contributed by atoms with Gasteiger partial charge in [0, 0.05) is 5.92 Å². The first-order valence-corrected chi connectivity index (χ1v) is 9.46. The number of hydrogen-bond donors (Lipinski definition) is 2. The number of aliphatic hydroxyl groups is 1. The molecule has 2 N–H and O–H groups in total. The molecule has 3 heteroatoms. The van der Waals surface area contributed by atoms with Crippen LogP contribution in [0.3, 0.4) is 0 Å². The largest absolute Gasteiger partial charge is 0.508 e. The zero-order valence-corrected chi connectivity index (χ0v) is 14.9. The maximum Gasteiger partial charge on any atom is 0.115 e. The molecule has 0 saturated heterocycles. The molecule has 1 aromatic rings. The molecule has 0 heterocycles. The van der Waals surface area contributed by atoms with Crippen molar-refractivity contribution in [3.8, 4) is 5.75 Å². The van der Waals surface area contributed by atoms with Crippen LogP contribution in [0.5, 0.6) is 5.75 Å². The van der Waals surface area contributed by atoms with Gasteiger partial charge in [-0.1, -0.05) is 26.8 Å². The normalized spacial score (nSPS) is 44.1. The van der Waals surface area contributed by atoms with Gasteiger partial charge in [0.2, 0.25) is 0 Å². The fourth-order valence-corrected chi connectivity index (χ4v) is 6.64. The number of phenolic OH excluding ortho intramolecular Hbond substituents is 1. The van der Waals surface area contributed by atoms with E-state index in [1.54, 1.807) is 6.07 Å². The Labute approximate surface area is 144 Å². The third-order valence-electron chi connectivity index (χ3n) is 7.32. The lowest BCUT2D eigenvalue weighted by atomic mass is 9.53. The van der Waals surface area contributed by atoms with Gasteiger partial charge in [0.05, 0.1) is 6.10 Å². The highest BCUT2D eigenvalue weighted by Gasteiger charge is 2.60. The maximum atomic E-state index is 15.3. The van der Waals surface area contributed by atoms with E-state index in [1.165, 1.54) is 0 Å².